The van der Waals surface area contributed by atoms with E-state index in [1.165, 1.54) is 24.3 Å². The van der Waals surface area contributed by atoms with E-state index in [9.17, 15) is 18.8 Å². The number of hydrogen-bond acceptors (Lipinski definition) is 5. The smallest absolute Gasteiger partial charge is 0.294 e. The maximum absolute atomic E-state index is 13.2. The lowest BCUT2D eigenvalue weighted by Gasteiger charge is -2.12. The number of rotatable bonds is 6. The first-order chi connectivity index (χ1) is 14.2. The van der Waals surface area contributed by atoms with E-state index in [0.29, 0.717) is 16.3 Å². The Kier molecular flexibility index (Phi) is 6.79. The van der Waals surface area contributed by atoms with E-state index in [-0.39, 0.29) is 16.7 Å². The molecule has 1 heterocycles. The number of carbonyl (C=O) groups is 3. The summed E-state index contributed by atoms with van der Waals surface area (Å²) in [6, 6.07) is 10.4. The quantitative estimate of drug-likeness (QED) is 0.633. The number of carbonyl (C=O) groups excluding carboxylic acids is 3. The van der Waals surface area contributed by atoms with Crippen LogP contribution < -0.4 is 10.1 Å². The molecular formula is C21H18ClFN2O4S. The molecule has 1 aliphatic heterocycles. The molecule has 1 N–H and O–H groups in total. The number of ether oxygens (including phenoxy) is 1. The van der Waals surface area contributed by atoms with Crippen molar-refractivity contribution in [2.24, 2.45) is 0 Å². The highest BCUT2D eigenvalue weighted by molar-refractivity contribution is 8.18. The maximum Gasteiger partial charge on any atom is 0.294 e. The van der Waals surface area contributed by atoms with Gasteiger partial charge in [-0.25, -0.2) is 4.39 Å². The minimum Gasteiger partial charge on any atom is -0.489 e. The van der Waals surface area contributed by atoms with Gasteiger partial charge in [-0.2, -0.15) is 0 Å². The number of halogens is 2. The van der Waals surface area contributed by atoms with E-state index in [1.807, 2.05) is 13.8 Å². The molecule has 3 rings (SSSR count). The van der Waals surface area contributed by atoms with Crippen molar-refractivity contribution in [2.75, 3.05) is 11.9 Å². The van der Waals surface area contributed by atoms with Crippen molar-refractivity contribution in [1.82, 2.24) is 4.90 Å². The molecule has 2 aromatic carbocycles. The number of amides is 3. The summed E-state index contributed by atoms with van der Waals surface area (Å²) in [6.07, 6.45) is 1.49. The molecule has 0 aliphatic carbocycles. The monoisotopic (exact) mass is 448 g/mol. The van der Waals surface area contributed by atoms with Crippen molar-refractivity contribution in [1.29, 1.82) is 0 Å². The molecule has 9 heteroatoms. The molecular weight excluding hydrogens is 431 g/mol. The van der Waals surface area contributed by atoms with Crippen molar-refractivity contribution in [3.8, 4) is 5.75 Å². The predicted octanol–water partition coefficient (Wildman–Crippen LogP) is 4.94. The minimum atomic E-state index is -0.609. The molecule has 2 aromatic rings. The molecule has 3 amide bonds. The van der Waals surface area contributed by atoms with Gasteiger partial charge in [0, 0.05) is 5.69 Å². The van der Waals surface area contributed by atoms with Gasteiger partial charge in [-0.1, -0.05) is 23.7 Å². The van der Waals surface area contributed by atoms with Crippen LogP contribution in [-0.4, -0.2) is 34.6 Å². The van der Waals surface area contributed by atoms with Gasteiger partial charge in [0.15, 0.2) is 0 Å². The minimum absolute atomic E-state index is 0.0385. The van der Waals surface area contributed by atoms with Gasteiger partial charge in [0.2, 0.25) is 5.91 Å². The second-order valence-corrected chi connectivity index (χ2v) is 8.08. The van der Waals surface area contributed by atoms with Gasteiger partial charge in [-0.3, -0.25) is 19.3 Å². The van der Waals surface area contributed by atoms with Crippen LogP contribution in [0.5, 0.6) is 5.75 Å². The molecule has 0 atom stereocenters. The Morgan fingerprint density at radius 1 is 1.27 bits per heavy atom. The lowest BCUT2D eigenvalue weighted by Crippen LogP contribution is -2.36. The van der Waals surface area contributed by atoms with Crippen LogP contribution >= 0.6 is 23.4 Å². The number of benzene rings is 2. The summed E-state index contributed by atoms with van der Waals surface area (Å²) < 4.78 is 18.8. The Labute approximate surface area is 182 Å². The summed E-state index contributed by atoms with van der Waals surface area (Å²) in [7, 11) is 0. The zero-order valence-corrected chi connectivity index (χ0v) is 17.7. The molecule has 30 heavy (non-hydrogen) atoms. The van der Waals surface area contributed by atoms with E-state index >= 15 is 0 Å². The van der Waals surface area contributed by atoms with E-state index in [4.69, 9.17) is 16.3 Å². The van der Waals surface area contributed by atoms with Crippen molar-refractivity contribution in [3.63, 3.8) is 0 Å². The van der Waals surface area contributed by atoms with Crippen LogP contribution in [0.15, 0.2) is 47.4 Å². The van der Waals surface area contributed by atoms with Gasteiger partial charge in [0.05, 0.1) is 16.0 Å². The number of nitrogens with one attached hydrogen (secondary N) is 1. The topological polar surface area (TPSA) is 75.7 Å². The molecule has 0 unspecified atom stereocenters. The highest BCUT2D eigenvalue weighted by Crippen LogP contribution is 2.34. The molecule has 1 fully saturated rings. The fraction of sp³-hybridized carbons (Fsp3) is 0.190. The molecule has 0 spiro atoms. The number of nitrogens with zero attached hydrogens (tertiary/aromatic N) is 1. The highest BCUT2D eigenvalue weighted by atomic mass is 35.5. The molecule has 1 saturated heterocycles. The van der Waals surface area contributed by atoms with Gasteiger partial charge in [0.25, 0.3) is 11.1 Å². The first-order valence-electron chi connectivity index (χ1n) is 9.00. The average molecular weight is 449 g/mol. The summed E-state index contributed by atoms with van der Waals surface area (Å²) in [5.74, 6) is -1.18. The standard InChI is InChI=1S/C21H18ClFN2O4S/c1-12(2)29-17-7-6-13(8-16(17)22)9-18-20(27)25(21(28)30-18)11-19(26)24-15-5-3-4-14(23)10-15/h3-10,12H,11H2,1-2H3,(H,24,26)/b18-9+. The van der Waals surface area contributed by atoms with Crippen LogP contribution in [0.1, 0.15) is 19.4 Å². The number of imide groups is 1. The first-order valence-corrected chi connectivity index (χ1v) is 10.2. The number of hydrogen-bond donors (Lipinski definition) is 1. The van der Waals surface area contributed by atoms with Crippen molar-refractivity contribution >= 4 is 52.2 Å². The Hall–Kier alpha value is -2.84. The van der Waals surface area contributed by atoms with Crippen molar-refractivity contribution in [3.05, 3.63) is 63.8 Å². The van der Waals surface area contributed by atoms with E-state index in [2.05, 4.69) is 5.32 Å². The van der Waals surface area contributed by atoms with Gasteiger partial charge in [-0.15, -0.1) is 0 Å². The number of anilines is 1. The van der Waals surface area contributed by atoms with Crippen LogP contribution in [0.4, 0.5) is 14.9 Å². The van der Waals surface area contributed by atoms with E-state index in [1.54, 1.807) is 18.2 Å². The third-order valence-corrected chi connectivity index (χ3v) is 5.10. The summed E-state index contributed by atoms with van der Waals surface area (Å²) in [5, 5.41) is 2.28. The summed E-state index contributed by atoms with van der Waals surface area (Å²) in [6.45, 7) is 3.29. The van der Waals surface area contributed by atoms with Gasteiger partial charge in [0.1, 0.15) is 18.1 Å². The molecule has 1 aliphatic rings. The number of thioether (sulfide) groups is 1. The Morgan fingerprint density at radius 3 is 2.70 bits per heavy atom. The molecule has 0 saturated carbocycles. The van der Waals surface area contributed by atoms with Crippen LogP contribution in [0.2, 0.25) is 5.02 Å². The summed E-state index contributed by atoms with van der Waals surface area (Å²) in [5.41, 5.74) is 0.853. The Balaban J connectivity index is 1.69. The Bertz CT molecular complexity index is 1040. The summed E-state index contributed by atoms with van der Waals surface area (Å²) >= 11 is 6.94. The van der Waals surface area contributed by atoms with E-state index < -0.39 is 29.4 Å². The van der Waals surface area contributed by atoms with Crippen LogP contribution in [0, 0.1) is 5.82 Å². The van der Waals surface area contributed by atoms with Crippen LogP contribution in [0.3, 0.4) is 0 Å². The van der Waals surface area contributed by atoms with E-state index in [0.717, 1.165) is 22.7 Å². The second kappa shape index (κ2) is 9.32. The Morgan fingerprint density at radius 2 is 2.03 bits per heavy atom. The molecule has 0 radical (unpaired) electrons. The molecule has 0 bridgehead atoms. The predicted molar refractivity (Wildman–Crippen MR) is 115 cm³/mol. The van der Waals surface area contributed by atoms with Gasteiger partial charge in [-0.05, 0) is 67.6 Å². The fourth-order valence-corrected chi connectivity index (χ4v) is 3.73. The summed E-state index contributed by atoms with van der Waals surface area (Å²) in [4.78, 5) is 38.0. The lowest BCUT2D eigenvalue weighted by molar-refractivity contribution is -0.127. The van der Waals surface area contributed by atoms with Crippen molar-refractivity contribution in [2.45, 2.75) is 20.0 Å². The average Bonchev–Trinajstić information content (AvgIpc) is 2.91. The largest absolute Gasteiger partial charge is 0.489 e. The second-order valence-electron chi connectivity index (χ2n) is 6.68. The van der Waals surface area contributed by atoms with Crippen LogP contribution in [0.25, 0.3) is 6.08 Å². The van der Waals surface area contributed by atoms with Crippen LogP contribution in [-0.2, 0) is 9.59 Å². The molecule has 156 valence electrons. The first kappa shape index (κ1) is 21.9. The zero-order chi connectivity index (χ0) is 21.8. The fourth-order valence-electron chi connectivity index (χ4n) is 2.65. The normalized spacial score (nSPS) is 15.2. The molecule has 0 aromatic heterocycles. The van der Waals surface area contributed by atoms with Crippen molar-refractivity contribution < 1.29 is 23.5 Å². The highest BCUT2D eigenvalue weighted by Gasteiger charge is 2.36. The maximum atomic E-state index is 13.2. The third-order valence-electron chi connectivity index (χ3n) is 3.90. The third kappa shape index (κ3) is 5.40. The molecule has 6 nitrogen and oxygen atoms in total. The lowest BCUT2D eigenvalue weighted by atomic mass is 10.2. The van der Waals surface area contributed by atoms with Gasteiger partial charge >= 0.3 is 0 Å². The zero-order valence-electron chi connectivity index (χ0n) is 16.1. The van der Waals surface area contributed by atoms with Gasteiger partial charge < -0.3 is 10.1 Å². The SMILES string of the molecule is CC(C)Oc1ccc(/C=C2/SC(=O)N(CC(=O)Nc3cccc(F)c3)C2=O)cc1Cl.